The highest BCUT2D eigenvalue weighted by Crippen LogP contribution is 2.14. The van der Waals surface area contributed by atoms with Gasteiger partial charge in [0, 0.05) is 13.1 Å². The lowest BCUT2D eigenvalue weighted by molar-refractivity contribution is 0.576. The molecule has 0 fully saturated rings. The molecule has 1 aromatic rings. The Balaban J connectivity index is 2.41. The zero-order chi connectivity index (χ0) is 15.0. The molecule has 0 unspecified atom stereocenters. The summed E-state index contributed by atoms with van der Waals surface area (Å²) >= 11 is 0. The fourth-order valence-corrected chi connectivity index (χ4v) is 2.74. The van der Waals surface area contributed by atoms with Gasteiger partial charge in [-0.1, -0.05) is 45.0 Å². The lowest BCUT2D eigenvalue weighted by Gasteiger charge is -2.09. The molecule has 5 heteroatoms. The normalized spacial score (nSPS) is 12.0. The van der Waals surface area contributed by atoms with Crippen molar-refractivity contribution in [2.45, 2.75) is 39.7 Å². The van der Waals surface area contributed by atoms with Crippen LogP contribution in [0.1, 0.15) is 44.2 Å². The van der Waals surface area contributed by atoms with Crippen molar-refractivity contribution in [3.05, 3.63) is 35.4 Å². The van der Waals surface area contributed by atoms with Crippen molar-refractivity contribution in [3.63, 3.8) is 0 Å². The van der Waals surface area contributed by atoms with E-state index in [0.717, 1.165) is 18.5 Å². The largest absolute Gasteiger partial charge is 0.316 e. The lowest BCUT2D eigenvalue weighted by atomic mass is 10.0. The van der Waals surface area contributed by atoms with Crippen molar-refractivity contribution in [3.8, 4) is 0 Å². The van der Waals surface area contributed by atoms with E-state index in [0.29, 0.717) is 19.0 Å². The topological polar surface area (TPSA) is 58.2 Å². The summed E-state index contributed by atoms with van der Waals surface area (Å²) in [6, 6.07) is 8.06. The van der Waals surface area contributed by atoms with Gasteiger partial charge in [0.15, 0.2) is 0 Å². The van der Waals surface area contributed by atoms with Gasteiger partial charge >= 0.3 is 0 Å². The van der Waals surface area contributed by atoms with E-state index in [4.69, 9.17) is 0 Å². The van der Waals surface area contributed by atoms with Gasteiger partial charge in [-0.2, -0.15) is 0 Å². The summed E-state index contributed by atoms with van der Waals surface area (Å²) in [4.78, 5) is 0. The zero-order valence-corrected chi connectivity index (χ0v) is 13.5. The summed E-state index contributed by atoms with van der Waals surface area (Å²) in [5.41, 5.74) is 2.25. The Morgan fingerprint density at radius 3 is 2.30 bits per heavy atom. The van der Waals surface area contributed by atoms with E-state index in [1.54, 1.807) is 0 Å². The van der Waals surface area contributed by atoms with Gasteiger partial charge in [0.05, 0.1) is 5.75 Å². The highest BCUT2D eigenvalue weighted by Gasteiger charge is 2.09. The standard InChI is InChI=1S/C15H26N2O2S/c1-4-9-16-10-11-20(18,19)17-12-14-5-7-15(8-6-14)13(2)3/h5-8,13,16-17H,4,9-12H2,1-3H3. The van der Waals surface area contributed by atoms with Crippen molar-refractivity contribution < 1.29 is 8.42 Å². The number of nitrogens with one attached hydrogen (secondary N) is 2. The predicted molar refractivity (Wildman–Crippen MR) is 84.3 cm³/mol. The van der Waals surface area contributed by atoms with Crippen LogP contribution in [-0.4, -0.2) is 27.3 Å². The monoisotopic (exact) mass is 298 g/mol. The second-order valence-corrected chi connectivity index (χ2v) is 7.21. The molecular formula is C15H26N2O2S. The number of benzene rings is 1. The third kappa shape index (κ3) is 6.50. The van der Waals surface area contributed by atoms with E-state index < -0.39 is 10.0 Å². The Labute approximate surface area is 123 Å². The van der Waals surface area contributed by atoms with Gasteiger partial charge in [0.1, 0.15) is 0 Å². The van der Waals surface area contributed by atoms with Gasteiger partial charge in [0.2, 0.25) is 10.0 Å². The average Bonchev–Trinajstić information content (AvgIpc) is 2.42. The van der Waals surface area contributed by atoms with Gasteiger partial charge in [-0.25, -0.2) is 13.1 Å². The maximum Gasteiger partial charge on any atom is 0.213 e. The fourth-order valence-electron chi connectivity index (χ4n) is 1.79. The zero-order valence-electron chi connectivity index (χ0n) is 12.6. The number of sulfonamides is 1. The molecule has 0 spiro atoms. The minimum absolute atomic E-state index is 0.122. The highest BCUT2D eigenvalue weighted by atomic mass is 32.2. The smallest absolute Gasteiger partial charge is 0.213 e. The molecule has 1 aromatic carbocycles. The van der Waals surface area contributed by atoms with Crippen LogP contribution in [0.25, 0.3) is 0 Å². The van der Waals surface area contributed by atoms with Crippen LogP contribution in [0, 0.1) is 0 Å². The molecule has 0 radical (unpaired) electrons. The molecule has 2 N–H and O–H groups in total. The fraction of sp³-hybridized carbons (Fsp3) is 0.600. The molecule has 4 nitrogen and oxygen atoms in total. The molecule has 20 heavy (non-hydrogen) atoms. The van der Waals surface area contributed by atoms with Gasteiger partial charge in [-0.15, -0.1) is 0 Å². The number of hydrogen-bond acceptors (Lipinski definition) is 3. The van der Waals surface area contributed by atoms with Crippen LogP contribution in [0.15, 0.2) is 24.3 Å². The van der Waals surface area contributed by atoms with Crippen LogP contribution in [0.4, 0.5) is 0 Å². The first-order valence-corrected chi connectivity index (χ1v) is 8.86. The van der Waals surface area contributed by atoms with Crippen molar-refractivity contribution >= 4 is 10.0 Å². The minimum atomic E-state index is -3.20. The average molecular weight is 298 g/mol. The van der Waals surface area contributed by atoms with Crippen molar-refractivity contribution in [2.75, 3.05) is 18.8 Å². The summed E-state index contributed by atoms with van der Waals surface area (Å²) in [6.07, 6.45) is 1.01. The van der Waals surface area contributed by atoms with Crippen molar-refractivity contribution in [1.82, 2.24) is 10.0 Å². The van der Waals surface area contributed by atoms with Crippen LogP contribution < -0.4 is 10.0 Å². The molecule has 0 saturated carbocycles. The van der Waals surface area contributed by atoms with Crippen molar-refractivity contribution in [1.29, 1.82) is 0 Å². The first-order chi connectivity index (χ1) is 9.44. The molecule has 0 bridgehead atoms. The molecule has 0 aromatic heterocycles. The van der Waals surface area contributed by atoms with Crippen LogP contribution in [0.2, 0.25) is 0 Å². The summed E-state index contributed by atoms with van der Waals surface area (Å²) in [5, 5.41) is 3.09. The number of hydrogen-bond donors (Lipinski definition) is 2. The van der Waals surface area contributed by atoms with Gasteiger partial charge in [0.25, 0.3) is 0 Å². The summed E-state index contributed by atoms with van der Waals surface area (Å²) in [5.74, 6) is 0.613. The van der Waals surface area contributed by atoms with Gasteiger partial charge < -0.3 is 5.32 Å². The molecule has 0 saturated heterocycles. The number of rotatable bonds is 9. The summed E-state index contributed by atoms with van der Waals surface area (Å²) in [7, 11) is -3.20. The van der Waals surface area contributed by atoms with Gasteiger partial charge in [-0.3, -0.25) is 0 Å². The van der Waals surface area contributed by atoms with E-state index in [2.05, 4.69) is 42.9 Å². The van der Waals surface area contributed by atoms with Crippen LogP contribution in [-0.2, 0) is 16.6 Å². The Morgan fingerprint density at radius 2 is 1.75 bits per heavy atom. The Hall–Kier alpha value is -0.910. The molecule has 0 aliphatic heterocycles. The first kappa shape index (κ1) is 17.1. The van der Waals surface area contributed by atoms with Crippen LogP contribution in [0.5, 0.6) is 0 Å². The molecule has 114 valence electrons. The maximum atomic E-state index is 11.8. The molecule has 0 amide bonds. The Bertz CT molecular complexity index is 481. The molecular weight excluding hydrogens is 272 g/mol. The van der Waals surface area contributed by atoms with Crippen LogP contribution in [0.3, 0.4) is 0 Å². The van der Waals surface area contributed by atoms with E-state index in [1.165, 1.54) is 5.56 Å². The first-order valence-electron chi connectivity index (χ1n) is 7.21. The summed E-state index contributed by atoms with van der Waals surface area (Å²) in [6.45, 7) is 8.04. The van der Waals surface area contributed by atoms with E-state index in [9.17, 15) is 8.42 Å². The molecule has 0 aliphatic rings. The van der Waals surface area contributed by atoms with E-state index in [-0.39, 0.29) is 5.75 Å². The van der Waals surface area contributed by atoms with Gasteiger partial charge in [-0.05, 0) is 30.0 Å². The Morgan fingerprint density at radius 1 is 1.10 bits per heavy atom. The molecule has 0 atom stereocenters. The molecule has 1 rings (SSSR count). The lowest BCUT2D eigenvalue weighted by Crippen LogP contribution is -2.31. The van der Waals surface area contributed by atoms with Crippen LogP contribution >= 0.6 is 0 Å². The third-order valence-corrected chi connectivity index (χ3v) is 4.44. The second-order valence-electron chi connectivity index (χ2n) is 5.29. The predicted octanol–water partition coefficient (Wildman–Crippen LogP) is 2.23. The highest BCUT2D eigenvalue weighted by molar-refractivity contribution is 7.89. The molecule has 0 aliphatic carbocycles. The van der Waals surface area contributed by atoms with Crippen molar-refractivity contribution in [2.24, 2.45) is 0 Å². The van der Waals surface area contributed by atoms with E-state index in [1.807, 2.05) is 12.1 Å². The minimum Gasteiger partial charge on any atom is -0.316 e. The quantitative estimate of drug-likeness (QED) is 0.687. The van der Waals surface area contributed by atoms with E-state index >= 15 is 0 Å². The Kier molecular flexibility index (Phi) is 7.19. The third-order valence-electron chi connectivity index (χ3n) is 3.12. The summed E-state index contributed by atoms with van der Waals surface area (Å²) < 4.78 is 26.2. The second kappa shape index (κ2) is 8.39. The maximum absolute atomic E-state index is 11.8. The molecule has 0 heterocycles. The SMILES string of the molecule is CCCNCCS(=O)(=O)NCc1ccc(C(C)C)cc1.